The van der Waals surface area contributed by atoms with Gasteiger partial charge in [0.1, 0.15) is 11.5 Å². The molecule has 0 atom stereocenters. The molecular weight excluding hydrogens is 177 g/mol. The molecule has 1 nitrogen and oxygen atoms in total. The van der Waals surface area contributed by atoms with Crippen molar-refractivity contribution in [2.45, 2.75) is 0 Å². The van der Waals surface area contributed by atoms with Crippen LogP contribution < -0.4 is 0 Å². The van der Waals surface area contributed by atoms with Gasteiger partial charge in [0.15, 0.2) is 0 Å². The van der Waals surface area contributed by atoms with E-state index in [1.54, 1.807) is 12.3 Å². The lowest BCUT2D eigenvalue weighted by molar-refractivity contribution is 0.626. The average Bonchev–Trinajstić information content (AvgIpc) is 2.20. The highest BCUT2D eigenvalue weighted by Gasteiger charge is 2.04. The maximum atomic E-state index is 13.3. The van der Waals surface area contributed by atoms with Crippen LogP contribution in [0.2, 0.25) is 0 Å². The van der Waals surface area contributed by atoms with E-state index in [-0.39, 0.29) is 5.82 Å². The van der Waals surface area contributed by atoms with Gasteiger partial charge in [0.05, 0.1) is 0 Å². The average molecular weight is 186 g/mol. The van der Waals surface area contributed by atoms with Crippen molar-refractivity contribution in [2.24, 2.45) is 0 Å². The van der Waals surface area contributed by atoms with Gasteiger partial charge in [-0.1, -0.05) is 24.3 Å². The third-order valence-corrected chi connectivity index (χ3v) is 1.99. The molecule has 1 radical (unpaired) electrons. The lowest BCUT2D eigenvalue weighted by Gasteiger charge is -2.01. The van der Waals surface area contributed by atoms with Crippen LogP contribution in [0.15, 0.2) is 42.6 Å². The number of rotatable bonds is 1. The van der Waals surface area contributed by atoms with Crippen molar-refractivity contribution in [1.82, 2.24) is 4.98 Å². The van der Waals surface area contributed by atoms with Crippen LogP contribution in [-0.2, 0) is 0 Å². The standard InChI is InChI=1S/C12H9FN/c1-9-4-6-10(7-5-9)12-11(13)3-2-8-14-12/h2-8H,1H2. The molecule has 14 heavy (non-hydrogen) atoms. The summed E-state index contributed by atoms with van der Waals surface area (Å²) in [5, 5.41) is 0. The molecule has 1 aromatic carbocycles. The van der Waals surface area contributed by atoms with Crippen LogP contribution >= 0.6 is 0 Å². The predicted octanol–water partition coefficient (Wildman–Crippen LogP) is 3.07. The number of hydrogen-bond donors (Lipinski definition) is 0. The minimum absolute atomic E-state index is 0.302. The van der Waals surface area contributed by atoms with E-state index in [9.17, 15) is 4.39 Å². The molecule has 2 aromatic rings. The van der Waals surface area contributed by atoms with Gasteiger partial charge in [-0.3, -0.25) is 4.98 Å². The zero-order valence-electron chi connectivity index (χ0n) is 7.57. The zero-order chi connectivity index (χ0) is 9.97. The molecule has 0 unspecified atom stereocenters. The van der Waals surface area contributed by atoms with Crippen LogP contribution in [0.4, 0.5) is 4.39 Å². The summed E-state index contributed by atoms with van der Waals surface area (Å²) in [7, 11) is 0. The number of benzene rings is 1. The second-order valence-corrected chi connectivity index (χ2v) is 3.03. The van der Waals surface area contributed by atoms with Crippen molar-refractivity contribution < 1.29 is 4.39 Å². The Morgan fingerprint density at radius 1 is 1.07 bits per heavy atom. The lowest BCUT2D eigenvalue weighted by Crippen LogP contribution is -1.87. The molecule has 1 heterocycles. The van der Waals surface area contributed by atoms with Gasteiger partial charge >= 0.3 is 0 Å². The maximum Gasteiger partial charge on any atom is 0.149 e. The van der Waals surface area contributed by atoms with E-state index in [2.05, 4.69) is 11.9 Å². The molecule has 0 fully saturated rings. The minimum atomic E-state index is -0.302. The fourth-order valence-corrected chi connectivity index (χ4v) is 1.26. The summed E-state index contributed by atoms with van der Waals surface area (Å²) in [5.74, 6) is -0.302. The number of hydrogen-bond acceptors (Lipinski definition) is 1. The van der Waals surface area contributed by atoms with Gasteiger partial charge in [0.2, 0.25) is 0 Å². The molecule has 0 saturated carbocycles. The summed E-state index contributed by atoms with van der Waals surface area (Å²) >= 11 is 0. The molecule has 0 aliphatic rings. The molecule has 1 aromatic heterocycles. The van der Waals surface area contributed by atoms with E-state index in [0.29, 0.717) is 5.69 Å². The molecular formula is C12H9FN. The van der Waals surface area contributed by atoms with Crippen LogP contribution in [0.3, 0.4) is 0 Å². The SMILES string of the molecule is [CH2]c1ccc(-c2ncccc2F)cc1. The van der Waals surface area contributed by atoms with E-state index in [1.807, 2.05) is 24.3 Å². The smallest absolute Gasteiger partial charge is 0.149 e. The van der Waals surface area contributed by atoms with Crippen LogP contribution in [0, 0.1) is 12.7 Å². The molecule has 0 saturated heterocycles. The molecule has 0 aliphatic carbocycles. The first-order chi connectivity index (χ1) is 6.77. The van der Waals surface area contributed by atoms with Crippen molar-refractivity contribution in [3.05, 3.63) is 60.9 Å². The molecule has 2 heteroatoms. The zero-order valence-corrected chi connectivity index (χ0v) is 7.57. The summed E-state index contributed by atoms with van der Waals surface area (Å²) in [6.45, 7) is 3.76. The van der Waals surface area contributed by atoms with E-state index in [0.717, 1.165) is 11.1 Å². The summed E-state index contributed by atoms with van der Waals surface area (Å²) in [5.41, 5.74) is 2.06. The normalized spacial score (nSPS) is 10.1. The highest BCUT2D eigenvalue weighted by atomic mass is 19.1. The Bertz CT molecular complexity index is 434. The molecule has 0 amide bonds. The van der Waals surface area contributed by atoms with Crippen molar-refractivity contribution >= 4 is 0 Å². The topological polar surface area (TPSA) is 12.9 Å². The minimum Gasteiger partial charge on any atom is -0.253 e. The van der Waals surface area contributed by atoms with Crippen molar-refractivity contribution in [1.29, 1.82) is 0 Å². The summed E-state index contributed by atoms with van der Waals surface area (Å²) in [6, 6.07) is 10.3. The van der Waals surface area contributed by atoms with E-state index in [1.165, 1.54) is 6.07 Å². The lowest BCUT2D eigenvalue weighted by atomic mass is 10.1. The Hall–Kier alpha value is -1.70. The molecule has 0 spiro atoms. The Kier molecular flexibility index (Phi) is 2.27. The van der Waals surface area contributed by atoms with Gasteiger partial charge in [-0.15, -0.1) is 0 Å². The van der Waals surface area contributed by atoms with Gasteiger partial charge in [-0.05, 0) is 24.6 Å². The largest absolute Gasteiger partial charge is 0.253 e. The first kappa shape index (κ1) is 8.88. The van der Waals surface area contributed by atoms with Gasteiger partial charge in [0, 0.05) is 11.8 Å². The Balaban J connectivity index is 2.50. The number of pyridine rings is 1. The van der Waals surface area contributed by atoms with Crippen LogP contribution in [0.25, 0.3) is 11.3 Å². The van der Waals surface area contributed by atoms with Gasteiger partial charge in [-0.2, -0.15) is 0 Å². The highest BCUT2D eigenvalue weighted by molar-refractivity contribution is 5.59. The van der Waals surface area contributed by atoms with Crippen LogP contribution in [-0.4, -0.2) is 4.98 Å². The number of aromatic nitrogens is 1. The van der Waals surface area contributed by atoms with Crippen LogP contribution in [0.1, 0.15) is 5.56 Å². The highest BCUT2D eigenvalue weighted by Crippen LogP contribution is 2.19. The molecule has 0 aliphatic heterocycles. The summed E-state index contributed by atoms with van der Waals surface area (Å²) < 4.78 is 13.3. The molecule has 69 valence electrons. The quantitative estimate of drug-likeness (QED) is 0.667. The maximum absolute atomic E-state index is 13.3. The fourth-order valence-electron chi connectivity index (χ4n) is 1.26. The Morgan fingerprint density at radius 3 is 2.43 bits per heavy atom. The fraction of sp³-hybridized carbons (Fsp3) is 0. The first-order valence-electron chi connectivity index (χ1n) is 4.30. The second kappa shape index (κ2) is 3.58. The second-order valence-electron chi connectivity index (χ2n) is 3.03. The van der Waals surface area contributed by atoms with Gasteiger partial charge < -0.3 is 0 Å². The molecule has 0 bridgehead atoms. The number of halogens is 1. The third kappa shape index (κ3) is 1.64. The molecule has 2 rings (SSSR count). The number of nitrogens with zero attached hydrogens (tertiary/aromatic N) is 1. The molecule has 0 N–H and O–H groups in total. The third-order valence-electron chi connectivity index (χ3n) is 1.99. The van der Waals surface area contributed by atoms with Gasteiger partial charge in [-0.25, -0.2) is 4.39 Å². The van der Waals surface area contributed by atoms with Crippen molar-refractivity contribution in [3.63, 3.8) is 0 Å². The van der Waals surface area contributed by atoms with E-state index >= 15 is 0 Å². The first-order valence-corrected chi connectivity index (χ1v) is 4.30. The summed E-state index contributed by atoms with van der Waals surface area (Å²) in [4.78, 5) is 3.98. The monoisotopic (exact) mass is 186 g/mol. The predicted molar refractivity (Wildman–Crippen MR) is 54.1 cm³/mol. The van der Waals surface area contributed by atoms with E-state index in [4.69, 9.17) is 0 Å². The van der Waals surface area contributed by atoms with Crippen molar-refractivity contribution in [3.8, 4) is 11.3 Å². The Morgan fingerprint density at radius 2 is 1.79 bits per heavy atom. The summed E-state index contributed by atoms with van der Waals surface area (Å²) in [6.07, 6.45) is 1.58. The van der Waals surface area contributed by atoms with E-state index < -0.39 is 0 Å². The van der Waals surface area contributed by atoms with Gasteiger partial charge in [0.25, 0.3) is 0 Å². The van der Waals surface area contributed by atoms with Crippen LogP contribution in [0.5, 0.6) is 0 Å². The van der Waals surface area contributed by atoms with Crippen molar-refractivity contribution in [2.75, 3.05) is 0 Å². The Labute approximate surface area is 82.2 Å².